The van der Waals surface area contributed by atoms with E-state index in [-0.39, 0.29) is 0 Å². The van der Waals surface area contributed by atoms with E-state index in [0.717, 1.165) is 0 Å². The lowest BCUT2D eigenvalue weighted by Gasteiger charge is -2.00. The highest BCUT2D eigenvalue weighted by Gasteiger charge is 1.95. The third-order valence-electron chi connectivity index (χ3n) is 4.52. The Morgan fingerprint density at radius 1 is 0.429 bits per heavy atom. The van der Waals surface area contributed by atoms with Gasteiger partial charge in [0.1, 0.15) is 0 Å². The van der Waals surface area contributed by atoms with E-state index in [1.54, 1.807) is 11.8 Å². The van der Waals surface area contributed by atoms with Crippen LogP contribution in [0.15, 0.2) is 103 Å². The van der Waals surface area contributed by atoms with Gasteiger partial charge in [0, 0.05) is 0 Å². The van der Waals surface area contributed by atoms with Crippen molar-refractivity contribution in [3.05, 3.63) is 109 Å². The van der Waals surface area contributed by atoms with Crippen LogP contribution in [0.1, 0.15) is 5.56 Å². The van der Waals surface area contributed by atoms with E-state index in [1.807, 2.05) is 12.5 Å². The van der Waals surface area contributed by atoms with Crippen LogP contribution in [-0.2, 0) is 0 Å². The monoisotopic (exact) mass is 382 g/mol. The van der Waals surface area contributed by atoms with Crippen LogP contribution in [0, 0.1) is 6.92 Å². The Morgan fingerprint density at radius 2 is 0.750 bits per heavy atom. The Balaban J connectivity index is 0.000000145. The van der Waals surface area contributed by atoms with E-state index >= 15 is 0 Å². The summed E-state index contributed by atoms with van der Waals surface area (Å²) < 4.78 is 0. The molecule has 0 saturated carbocycles. The summed E-state index contributed by atoms with van der Waals surface area (Å²) in [5, 5.41) is 7.89. The maximum Gasteiger partial charge on any atom is -0.0178 e. The number of hydrogen-bond donors (Lipinski definition) is 0. The van der Waals surface area contributed by atoms with E-state index in [0.29, 0.717) is 0 Å². The summed E-state index contributed by atoms with van der Waals surface area (Å²) in [5.74, 6) is 0. The predicted octanol–water partition coefficient (Wildman–Crippen LogP) is 8.12. The second kappa shape index (κ2) is 9.96. The molecule has 1 heteroatoms. The summed E-state index contributed by atoms with van der Waals surface area (Å²) >= 11 is 1.75. The van der Waals surface area contributed by atoms with E-state index in [1.165, 1.54) is 37.9 Å². The molecule has 0 N–H and O–H groups in total. The molecule has 0 saturated heterocycles. The molecular formula is C27H26S. The van der Waals surface area contributed by atoms with Crippen LogP contribution in [0.5, 0.6) is 0 Å². The van der Waals surface area contributed by atoms with Crippen LogP contribution < -0.4 is 0 Å². The van der Waals surface area contributed by atoms with Crippen molar-refractivity contribution in [2.24, 2.45) is 0 Å². The highest BCUT2D eigenvalue weighted by molar-refractivity contribution is 7.97. The molecule has 0 amide bonds. The van der Waals surface area contributed by atoms with Crippen LogP contribution in [0.4, 0.5) is 0 Å². The molecule has 0 aliphatic carbocycles. The molecule has 0 unspecified atom stereocenters. The summed E-state index contributed by atoms with van der Waals surface area (Å²) in [5.41, 5.74) is 1.32. The van der Waals surface area contributed by atoms with Gasteiger partial charge < -0.3 is 0 Å². The summed E-state index contributed by atoms with van der Waals surface area (Å²) in [6.07, 6.45) is 4.08. The topological polar surface area (TPSA) is 0 Å². The van der Waals surface area contributed by atoms with Crippen molar-refractivity contribution in [2.45, 2.75) is 6.92 Å². The fourth-order valence-electron chi connectivity index (χ4n) is 3.19. The first-order chi connectivity index (χ1) is 13.7. The summed E-state index contributed by atoms with van der Waals surface area (Å²) in [7, 11) is 0. The molecule has 0 fully saturated rings. The Bertz CT molecular complexity index is 1070. The fourth-order valence-corrected chi connectivity index (χ4v) is 3.19. The van der Waals surface area contributed by atoms with Crippen LogP contribution in [-0.4, -0.2) is 12.5 Å². The zero-order valence-electron chi connectivity index (χ0n) is 16.7. The van der Waals surface area contributed by atoms with Crippen LogP contribution in [0.25, 0.3) is 32.3 Å². The van der Waals surface area contributed by atoms with Gasteiger partial charge in [0.15, 0.2) is 0 Å². The Kier molecular flexibility index (Phi) is 7.11. The molecule has 0 radical (unpaired) electrons. The third kappa shape index (κ3) is 5.15. The minimum atomic E-state index is 1.31. The molecule has 0 spiro atoms. The number of thioether (sulfide) groups is 1. The Hall–Kier alpha value is -2.77. The van der Waals surface area contributed by atoms with Gasteiger partial charge in [-0.3, -0.25) is 0 Å². The van der Waals surface area contributed by atoms with Crippen molar-refractivity contribution in [3.63, 3.8) is 0 Å². The molecule has 0 bridgehead atoms. The zero-order chi connectivity index (χ0) is 19.8. The van der Waals surface area contributed by atoms with Crippen molar-refractivity contribution >= 4 is 44.1 Å². The van der Waals surface area contributed by atoms with Crippen LogP contribution >= 0.6 is 11.8 Å². The van der Waals surface area contributed by atoms with E-state index < -0.39 is 0 Å². The molecule has 0 atom stereocenters. The maximum absolute atomic E-state index is 2.24. The Labute approximate surface area is 172 Å². The number of benzene rings is 5. The van der Waals surface area contributed by atoms with Gasteiger partial charge in [-0.05, 0) is 63.9 Å². The van der Waals surface area contributed by atoms with Crippen LogP contribution in [0.3, 0.4) is 0 Å². The highest BCUT2D eigenvalue weighted by Crippen LogP contribution is 2.22. The molecule has 0 aliphatic heterocycles. The van der Waals surface area contributed by atoms with Gasteiger partial charge in [-0.2, -0.15) is 11.8 Å². The summed E-state index contributed by atoms with van der Waals surface area (Å²) in [6.45, 7) is 2.12. The van der Waals surface area contributed by atoms with Gasteiger partial charge in [-0.15, -0.1) is 0 Å². The largest absolute Gasteiger partial charge is 0.169 e. The van der Waals surface area contributed by atoms with Gasteiger partial charge in [0.2, 0.25) is 0 Å². The first-order valence-electron chi connectivity index (χ1n) is 9.44. The van der Waals surface area contributed by atoms with E-state index in [4.69, 9.17) is 0 Å². The second-order valence-corrected chi connectivity index (χ2v) is 7.62. The number of aryl methyl sites for hydroxylation is 1. The van der Waals surface area contributed by atoms with Gasteiger partial charge in [-0.25, -0.2) is 0 Å². The second-order valence-electron chi connectivity index (χ2n) is 6.81. The minimum absolute atomic E-state index is 1.31. The first kappa shape index (κ1) is 20.0. The predicted molar refractivity (Wildman–Crippen MR) is 130 cm³/mol. The molecular weight excluding hydrogens is 356 g/mol. The van der Waals surface area contributed by atoms with Gasteiger partial charge in [0.05, 0.1) is 0 Å². The van der Waals surface area contributed by atoms with Gasteiger partial charge in [-0.1, -0.05) is 96.6 Å². The van der Waals surface area contributed by atoms with Crippen molar-refractivity contribution in [1.29, 1.82) is 0 Å². The molecule has 5 aromatic carbocycles. The first-order valence-corrected chi connectivity index (χ1v) is 11.1. The minimum Gasteiger partial charge on any atom is -0.169 e. The highest BCUT2D eigenvalue weighted by atomic mass is 32.2. The van der Waals surface area contributed by atoms with E-state index in [2.05, 4.69) is 110 Å². The molecule has 140 valence electrons. The molecule has 0 nitrogen and oxygen atoms in total. The van der Waals surface area contributed by atoms with E-state index in [9.17, 15) is 0 Å². The lowest BCUT2D eigenvalue weighted by Crippen LogP contribution is -1.74. The van der Waals surface area contributed by atoms with Crippen molar-refractivity contribution in [1.82, 2.24) is 0 Å². The van der Waals surface area contributed by atoms with Crippen molar-refractivity contribution < 1.29 is 0 Å². The lowest BCUT2D eigenvalue weighted by molar-refractivity contribution is 1.51. The SMILES string of the molecule is CSC.Cc1ccc2ccccc2c1.c1ccc2cc3ccccc3cc2c1. The normalized spacial score (nSPS) is 10.1. The van der Waals surface area contributed by atoms with Crippen molar-refractivity contribution in [2.75, 3.05) is 12.5 Å². The number of hydrogen-bond acceptors (Lipinski definition) is 1. The maximum atomic E-state index is 2.24. The average Bonchev–Trinajstić information content (AvgIpc) is 2.73. The third-order valence-corrected chi connectivity index (χ3v) is 4.52. The average molecular weight is 383 g/mol. The molecule has 28 heavy (non-hydrogen) atoms. The zero-order valence-corrected chi connectivity index (χ0v) is 17.5. The molecule has 5 rings (SSSR count). The van der Waals surface area contributed by atoms with Crippen LogP contribution in [0.2, 0.25) is 0 Å². The fraction of sp³-hybridized carbons (Fsp3) is 0.111. The Morgan fingerprint density at radius 3 is 1.14 bits per heavy atom. The number of fused-ring (bicyclic) bond motifs is 3. The summed E-state index contributed by atoms with van der Waals surface area (Å²) in [6, 6.07) is 36.3. The smallest absolute Gasteiger partial charge is 0.0178 e. The molecule has 5 aromatic rings. The molecule has 0 aromatic heterocycles. The lowest BCUT2D eigenvalue weighted by atomic mass is 10.0. The van der Waals surface area contributed by atoms with Gasteiger partial charge >= 0.3 is 0 Å². The van der Waals surface area contributed by atoms with Crippen molar-refractivity contribution in [3.8, 4) is 0 Å². The quantitative estimate of drug-likeness (QED) is 0.244. The molecule has 0 aliphatic rings. The molecule has 0 heterocycles. The standard InChI is InChI=1S/C14H10.C11H10.C2H6S/c1-2-6-12-10-14-8-4-3-7-13(14)9-11(12)5-1;1-9-6-7-10-4-2-3-5-11(10)8-9;1-3-2/h1-10H;2-8H,1H3;1-2H3. The number of rotatable bonds is 0. The summed E-state index contributed by atoms with van der Waals surface area (Å²) in [4.78, 5) is 0. The van der Waals surface area contributed by atoms with Gasteiger partial charge in [0.25, 0.3) is 0 Å².